The molecule has 0 atom stereocenters. The van der Waals surface area contributed by atoms with Gasteiger partial charge in [0.2, 0.25) is 0 Å². The van der Waals surface area contributed by atoms with E-state index < -0.39 is 11.8 Å². The van der Waals surface area contributed by atoms with Crippen molar-refractivity contribution in [2.45, 2.75) is 0 Å². The summed E-state index contributed by atoms with van der Waals surface area (Å²) >= 11 is 0. The molecule has 47 heavy (non-hydrogen) atoms. The number of anilines is 1. The van der Waals surface area contributed by atoms with Crippen LogP contribution in [0.1, 0.15) is 31.8 Å². The van der Waals surface area contributed by atoms with Crippen molar-refractivity contribution in [1.29, 1.82) is 10.5 Å². The van der Waals surface area contributed by atoms with E-state index in [1.165, 1.54) is 0 Å². The van der Waals surface area contributed by atoms with E-state index in [0.29, 0.717) is 16.7 Å². The first-order valence-corrected chi connectivity index (χ1v) is 15.1. The molecular formula is C40H21N5O2. The molecule has 0 radical (unpaired) electrons. The highest BCUT2D eigenvalue weighted by atomic mass is 16.2. The van der Waals surface area contributed by atoms with Gasteiger partial charge in [0.05, 0.1) is 56.1 Å². The van der Waals surface area contributed by atoms with Crippen LogP contribution in [0.15, 0.2) is 127 Å². The average Bonchev–Trinajstić information content (AvgIpc) is 3.71. The monoisotopic (exact) mass is 603 g/mol. The Bertz CT molecular complexity index is 2720. The summed E-state index contributed by atoms with van der Waals surface area (Å²) in [5.41, 5.74) is 7.37. The van der Waals surface area contributed by atoms with E-state index in [1.54, 1.807) is 36.4 Å². The van der Waals surface area contributed by atoms with Gasteiger partial charge in [-0.15, -0.1) is 0 Å². The van der Waals surface area contributed by atoms with E-state index in [4.69, 9.17) is 0 Å². The molecule has 0 bridgehead atoms. The number of aromatic nitrogens is 2. The Morgan fingerprint density at radius 1 is 0.468 bits per heavy atom. The van der Waals surface area contributed by atoms with Gasteiger partial charge < -0.3 is 9.13 Å². The zero-order chi connectivity index (χ0) is 31.8. The fraction of sp³-hybridized carbons (Fsp3) is 0. The molecule has 0 spiro atoms. The van der Waals surface area contributed by atoms with Gasteiger partial charge >= 0.3 is 0 Å². The Kier molecular flexibility index (Phi) is 5.50. The Balaban J connectivity index is 1.32. The smallest absolute Gasteiger partial charge is 0.266 e. The summed E-state index contributed by atoms with van der Waals surface area (Å²) < 4.78 is 4.35. The molecule has 1 aliphatic heterocycles. The summed E-state index contributed by atoms with van der Waals surface area (Å²) in [6, 6.07) is 44.8. The van der Waals surface area contributed by atoms with Gasteiger partial charge in [-0.2, -0.15) is 10.5 Å². The van der Waals surface area contributed by atoms with Crippen molar-refractivity contribution in [2.75, 3.05) is 4.90 Å². The number of nitriles is 2. The molecular weight excluding hydrogens is 582 g/mol. The first kappa shape index (κ1) is 26.4. The summed E-state index contributed by atoms with van der Waals surface area (Å²) in [4.78, 5) is 28.1. The van der Waals surface area contributed by atoms with Crippen molar-refractivity contribution in [1.82, 2.24) is 9.13 Å². The largest absolute Gasteiger partial charge is 0.309 e. The van der Waals surface area contributed by atoms with Crippen LogP contribution < -0.4 is 4.90 Å². The molecule has 0 unspecified atom stereocenters. The Morgan fingerprint density at radius 3 is 1.53 bits per heavy atom. The van der Waals surface area contributed by atoms with E-state index in [-0.39, 0.29) is 11.3 Å². The lowest BCUT2D eigenvalue weighted by molar-refractivity contribution is 0.0926. The van der Waals surface area contributed by atoms with Crippen LogP contribution in [0.4, 0.5) is 5.69 Å². The normalized spacial score (nSPS) is 12.7. The van der Waals surface area contributed by atoms with Crippen molar-refractivity contribution in [3.63, 3.8) is 0 Å². The van der Waals surface area contributed by atoms with Gasteiger partial charge in [0.15, 0.2) is 0 Å². The zero-order valence-corrected chi connectivity index (χ0v) is 24.7. The maximum Gasteiger partial charge on any atom is 0.266 e. The number of nitrogens with zero attached hydrogens (tertiary/aromatic N) is 5. The highest BCUT2D eigenvalue weighted by Gasteiger charge is 2.37. The summed E-state index contributed by atoms with van der Waals surface area (Å²) in [7, 11) is 0. The van der Waals surface area contributed by atoms with Crippen molar-refractivity contribution < 1.29 is 9.59 Å². The lowest BCUT2D eigenvalue weighted by Crippen LogP contribution is -2.30. The van der Waals surface area contributed by atoms with E-state index in [2.05, 4.69) is 51.6 Å². The van der Waals surface area contributed by atoms with Crippen molar-refractivity contribution in [3.8, 4) is 23.5 Å². The summed E-state index contributed by atoms with van der Waals surface area (Å²) in [5, 5.41) is 23.6. The van der Waals surface area contributed by atoms with Gasteiger partial charge in [-0.1, -0.05) is 48.5 Å². The molecule has 2 amide bonds. The summed E-state index contributed by atoms with van der Waals surface area (Å²) in [6.07, 6.45) is 0. The van der Waals surface area contributed by atoms with Gasteiger partial charge in [0.25, 0.3) is 11.8 Å². The van der Waals surface area contributed by atoms with Crippen LogP contribution in [0, 0.1) is 22.7 Å². The predicted molar refractivity (Wildman–Crippen MR) is 182 cm³/mol. The topological polar surface area (TPSA) is 94.8 Å². The highest BCUT2D eigenvalue weighted by molar-refractivity contribution is 6.34. The average molecular weight is 604 g/mol. The molecule has 0 saturated heterocycles. The van der Waals surface area contributed by atoms with Crippen LogP contribution in [0.25, 0.3) is 55.0 Å². The van der Waals surface area contributed by atoms with Crippen molar-refractivity contribution in [3.05, 3.63) is 150 Å². The lowest BCUT2D eigenvalue weighted by Gasteiger charge is -2.18. The number of para-hydroxylation sites is 2. The van der Waals surface area contributed by atoms with E-state index >= 15 is 0 Å². The molecule has 0 saturated carbocycles. The molecule has 9 rings (SSSR count). The molecule has 7 heteroatoms. The van der Waals surface area contributed by atoms with Crippen LogP contribution in [0.5, 0.6) is 0 Å². The van der Waals surface area contributed by atoms with E-state index in [1.807, 2.05) is 60.7 Å². The molecule has 2 aromatic heterocycles. The second kappa shape index (κ2) is 9.77. The molecule has 218 valence electrons. The first-order chi connectivity index (χ1) is 23.1. The molecule has 6 aromatic carbocycles. The molecule has 1 aliphatic rings. The third-order valence-electron chi connectivity index (χ3n) is 9.12. The third kappa shape index (κ3) is 3.66. The maximum absolute atomic E-state index is 13.5. The summed E-state index contributed by atoms with van der Waals surface area (Å²) in [5.74, 6) is -0.891. The van der Waals surface area contributed by atoms with Crippen LogP contribution in [-0.2, 0) is 0 Å². The van der Waals surface area contributed by atoms with E-state index in [9.17, 15) is 20.1 Å². The summed E-state index contributed by atoms with van der Waals surface area (Å²) in [6.45, 7) is 0. The van der Waals surface area contributed by atoms with Crippen LogP contribution in [0.2, 0.25) is 0 Å². The van der Waals surface area contributed by atoms with Crippen LogP contribution in [0.3, 0.4) is 0 Å². The van der Waals surface area contributed by atoms with Crippen LogP contribution >= 0.6 is 0 Å². The number of rotatable bonds is 3. The minimum atomic E-state index is -0.446. The van der Waals surface area contributed by atoms with E-state index in [0.717, 1.165) is 59.9 Å². The molecule has 3 heterocycles. The standard InChI is InChI=1S/C40H21N5O2/c41-22-24-13-16-26(17-14-24)43-34-11-5-3-7-28(34)32-21-38-33(20-37(32)43)29-8-4-6-12-35(29)44(38)27-18-15-25(23-42)36(19-27)45-39(46)30-9-1-2-10-31(30)40(45)47/h1-21H. The number of benzene rings is 6. The highest BCUT2D eigenvalue weighted by Crippen LogP contribution is 2.40. The quantitative estimate of drug-likeness (QED) is 0.189. The fourth-order valence-corrected chi connectivity index (χ4v) is 7.02. The third-order valence-corrected chi connectivity index (χ3v) is 9.12. The minimum absolute atomic E-state index is 0.233. The number of hydrogen-bond donors (Lipinski definition) is 0. The lowest BCUT2D eigenvalue weighted by atomic mass is 10.1. The number of amides is 2. The Hall–Kier alpha value is -6.96. The predicted octanol–water partition coefficient (Wildman–Crippen LogP) is 8.42. The molecule has 0 aliphatic carbocycles. The minimum Gasteiger partial charge on any atom is -0.309 e. The SMILES string of the molecule is N#Cc1ccc(-n2c3ccccc3c3cc4c(cc32)c2ccccc2n4-c2ccc(C#N)c(N3C(=O)c4ccccc4C3=O)c2)cc1. The fourth-order valence-electron chi connectivity index (χ4n) is 7.02. The van der Waals surface area contributed by atoms with Gasteiger partial charge in [0, 0.05) is 32.9 Å². The number of imide groups is 1. The second-order valence-corrected chi connectivity index (χ2v) is 11.6. The van der Waals surface area contributed by atoms with Gasteiger partial charge in [-0.05, 0) is 78.9 Å². The molecule has 0 fully saturated rings. The Labute approximate surface area is 267 Å². The van der Waals surface area contributed by atoms with Crippen molar-refractivity contribution in [2.24, 2.45) is 0 Å². The molecule has 8 aromatic rings. The van der Waals surface area contributed by atoms with Gasteiger partial charge in [-0.3, -0.25) is 9.59 Å². The molecule has 0 N–H and O–H groups in total. The second-order valence-electron chi connectivity index (χ2n) is 11.6. The number of hydrogen-bond acceptors (Lipinski definition) is 4. The Morgan fingerprint density at radius 2 is 0.979 bits per heavy atom. The maximum atomic E-state index is 13.5. The van der Waals surface area contributed by atoms with Gasteiger partial charge in [0.1, 0.15) is 6.07 Å². The van der Waals surface area contributed by atoms with Crippen LogP contribution in [-0.4, -0.2) is 20.9 Å². The van der Waals surface area contributed by atoms with Gasteiger partial charge in [-0.25, -0.2) is 4.90 Å². The number of carbonyl (C=O) groups is 2. The van der Waals surface area contributed by atoms with Crippen molar-refractivity contribution >= 4 is 61.1 Å². The number of carbonyl (C=O) groups excluding carboxylic acids is 2. The first-order valence-electron chi connectivity index (χ1n) is 15.1. The zero-order valence-electron chi connectivity index (χ0n) is 24.7. The number of fused-ring (bicyclic) bond motifs is 7. The molecule has 7 nitrogen and oxygen atoms in total.